The van der Waals surface area contributed by atoms with Crippen molar-refractivity contribution in [3.63, 3.8) is 0 Å². The van der Waals surface area contributed by atoms with Crippen molar-refractivity contribution in [3.05, 3.63) is 23.1 Å². The molecule has 2 fully saturated rings. The third-order valence-electron chi connectivity index (χ3n) is 5.11. The summed E-state index contributed by atoms with van der Waals surface area (Å²) in [5.74, 6) is 0.514. The molecule has 3 rings (SSSR count). The zero-order chi connectivity index (χ0) is 13.6. The fraction of sp³-hybridized carbons (Fsp3) is 0.812. The van der Waals surface area contributed by atoms with Gasteiger partial charge in [-0.3, -0.25) is 0 Å². The average molecular weight is 261 g/mol. The molecule has 2 bridgehead atoms. The molecule has 1 aliphatic carbocycles. The van der Waals surface area contributed by atoms with E-state index in [4.69, 9.17) is 16.0 Å². The third-order valence-corrected chi connectivity index (χ3v) is 5.11. The Morgan fingerprint density at radius 2 is 2.32 bits per heavy atom. The fourth-order valence-corrected chi connectivity index (χ4v) is 3.85. The Kier molecular flexibility index (Phi) is 3.19. The Hall–Kier alpha value is -0.850. The Labute approximate surface area is 115 Å². The molecular formula is C16H23NO2. The van der Waals surface area contributed by atoms with E-state index in [0.717, 1.165) is 25.7 Å². The first kappa shape index (κ1) is 13.1. The van der Waals surface area contributed by atoms with E-state index in [2.05, 4.69) is 24.8 Å². The van der Waals surface area contributed by atoms with Crippen LogP contribution in [0.4, 0.5) is 0 Å². The molecule has 0 aromatic heterocycles. The van der Waals surface area contributed by atoms with Crippen LogP contribution in [0, 0.1) is 12.5 Å². The zero-order valence-corrected chi connectivity index (χ0v) is 12.1. The molecule has 3 nitrogen and oxygen atoms in total. The lowest BCUT2D eigenvalue weighted by molar-refractivity contribution is -0.141. The Bertz CT molecular complexity index is 439. The van der Waals surface area contributed by atoms with Gasteiger partial charge in [0, 0.05) is 25.7 Å². The van der Waals surface area contributed by atoms with Gasteiger partial charge in [0.2, 0.25) is 6.04 Å². The second-order valence-electron chi connectivity index (χ2n) is 6.53. The molecule has 2 unspecified atom stereocenters. The summed E-state index contributed by atoms with van der Waals surface area (Å²) in [7, 11) is 0. The maximum Gasteiger partial charge on any atom is 0.223 e. The van der Waals surface area contributed by atoms with Gasteiger partial charge in [0.25, 0.3) is 0 Å². The van der Waals surface area contributed by atoms with Crippen molar-refractivity contribution in [2.45, 2.75) is 76.4 Å². The maximum absolute atomic E-state index is 7.10. The minimum Gasteiger partial charge on any atom is -0.371 e. The lowest BCUT2D eigenvalue weighted by Crippen LogP contribution is -2.48. The van der Waals surface area contributed by atoms with E-state index < -0.39 is 0 Å². The smallest absolute Gasteiger partial charge is 0.223 e. The van der Waals surface area contributed by atoms with Crippen LogP contribution in [0.5, 0.6) is 0 Å². The minimum atomic E-state index is -0.189. The molecule has 0 saturated carbocycles. The largest absolute Gasteiger partial charge is 0.371 e. The standard InChI is InChI=1S/C16H23NO2/c1-10-8-16-9-14(12(10)3)18-15(16)6-5-13(19-16)7-11(2)17-4/h8,11-15H,5-7,9H2,1-3H3/t11-,12?,13?,14-,15+,16+/m1/s1. The number of ether oxygens (including phenoxy) is 2. The molecule has 1 spiro atoms. The van der Waals surface area contributed by atoms with E-state index >= 15 is 0 Å². The first-order chi connectivity index (χ1) is 9.04. The lowest BCUT2D eigenvalue weighted by Gasteiger charge is -2.41. The third kappa shape index (κ3) is 2.11. The Morgan fingerprint density at radius 1 is 1.53 bits per heavy atom. The van der Waals surface area contributed by atoms with Crippen LogP contribution in [-0.4, -0.2) is 30.0 Å². The summed E-state index contributed by atoms with van der Waals surface area (Å²) in [6.07, 6.45) is 7.05. The highest BCUT2D eigenvalue weighted by molar-refractivity contribution is 5.25. The SMILES string of the molecule is [C-]#[N+][C@H](C)CC1CC[C@@H]2O[C@@H]3C[C@]2(C=C(C)C3C)O1. The van der Waals surface area contributed by atoms with Crippen LogP contribution in [0.15, 0.2) is 11.6 Å². The van der Waals surface area contributed by atoms with Gasteiger partial charge in [-0.05, 0) is 19.8 Å². The lowest BCUT2D eigenvalue weighted by atomic mass is 9.77. The normalized spacial score (nSPS) is 46.1. The van der Waals surface area contributed by atoms with Crippen LogP contribution in [0.25, 0.3) is 4.85 Å². The number of hydrogen-bond acceptors (Lipinski definition) is 2. The Morgan fingerprint density at radius 3 is 3.05 bits per heavy atom. The molecule has 0 aromatic carbocycles. The van der Waals surface area contributed by atoms with E-state index in [9.17, 15) is 0 Å². The molecule has 2 aliphatic heterocycles. The molecule has 0 amide bonds. The van der Waals surface area contributed by atoms with E-state index in [0.29, 0.717) is 12.0 Å². The fourth-order valence-electron chi connectivity index (χ4n) is 3.85. The Balaban J connectivity index is 1.79. The first-order valence-corrected chi connectivity index (χ1v) is 7.43. The van der Waals surface area contributed by atoms with E-state index in [-0.39, 0.29) is 23.9 Å². The quantitative estimate of drug-likeness (QED) is 0.562. The van der Waals surface area contributed by atoms with Crippen molar-refractivity contribution in [2.24, 2.45) is 5.92 Å². The molecule has 6 atom stereocenters. The zero-order valence-electron chi connectivity index (χ0n) is 12.1. The van der Waals surface area contributed by atoms with Crippen LogP contribution >= 0.6 is 0 Å². The van der Waals surface area contributed by atoms with Crippen LogP contribution in [0.2, 0.25) is 0 Å². The molecular weight excluding hydrogens is 238 g/mol. The highest BCUT2D eigenvalue weighted by Gasteiger charge is 2.55. The van der Waals surface area contributed by atoms with Gasteiger partial charge in [0.15, 0.2) is 0 Å². The minimum absolute atomic E-state index is 0.0589. The highest BCUT2D eigenvalue weighted by atomic mass is 16.6. The topological polar surface area (TPSA) is 22.8 Å². The predicted molar refractivity (Wildman–Crippen MR) is 73.7 cm³/mol. The molecule has 0 aromatic rings. The van der Waals surface area contributed by atoms with Gasteiger partial charge in [0.05, 0.1) is 18.3 Å². The molecule has 0 radical (unpaired) electrons. The van der Waals surface area contributed by atoms with Crippen LogP contribution in [0.3, 0.4) is 0 Å². The van der Waals surface area contributed by atoms with Crippen molar-refractivity contribution in [3.8, 4) is 0 Å². The van der Waals surface area contributed by atoms with Gasteiger partial charge in [-0.1, -0.05) is 18.6 Å². The molecule has 3 aliphatic rings. The van der Waals surface area contributed by atoms with Crippen LogP contribution < -0.4 is 0 Å². The molecule has 2 saturated heterocycles. The summed E-state index contributed by atoms with van der Waals surface area (Å²) < 4.78 is 12.6. The number of fused-ring (bicyclic) bond motifs is 1. The van der Waals surface area contributed by atoms with Crippen LogP contribution in [-0.2, 0) is 9.47 Å². The van der Waals surface area contributed by atoms with Crippen molar-refractivity contribution in [2.75, 3.05) is 0 Å². The van der Waals surface area contributed by atoms with E-state index in [1.54, 1.807) is 0 Å². The van der Waals surface area contributed by atoms with Gasteiger partial charge < -0.3 is 14.3 Å². The summed E-state index contributed by atoms with van der Waals surface area (Å²) in [5, 5.41) is 0. The van der Waals surface area contributed by atoms with Gasteiger partial charge >= 0.3 is 0 Å². The van der Waals surface area contributed by atoms with Crippen molar-refractivity contribution in [1.82, 2.24) is 0 Å². The number of rotatable bonds is 2. The van der Waals surface area contributed by atoms with Crippen LogP contribution in [0.1, 0.15) is 46.5 Å². The molecule has 2 heterocycles. The van der Waals surface area contributed by atoms with Crippen molar-refractivity contribution in [1.29, 1.82) is 0 Å². The molecule has 104 valence electrons. The molecule has 3 heteroatoms. The van der Waals surface area contributed by atoms with Gasteiger partial charge in [0.1, 0.15) is 5.60 Å². The maximum atomic E-state index is 7.10. The second kappa shape index (κ2) is 4.61. The highest BCUT2D eigenvalue weighted by Crippen LogP contribution is 2.49. The summed E-state index contributed by atoms with van der Waals surface area (Å²) >= 11 is 0. The van der Waals surface area contributed by atoms with Gasteiger partial charge in [-0.25, -0.2) is 6.57 Å². The van der Waals surface area contributed by atoms with Gasteiger partial charge in [-0.2, -0.15) is 0 Å². The summed E-state index contributed by atoms with van der Waals surface area (Å²) in [6, 6.07) is 0.0589. The molecule has 19 heavy (non-hydrogen) atoms. The van der Waals surface area contributed by atoms with Gasteiger partial charge in [-0.15, -0.1) is 0 Å². The van der Waals surface area contributed by atoms with E-state index in [1.165, 1.54) is 5.57 Å². The second-order valence-corrected chi connectivity index (χ2v) is 6.53. The van der Waals surface area contributed by atoms with Crippen molar-refractivity contribution < 1.29 is 9.47 Å². The summed E-state index contributed by atoms with van der Waals surface area (Å²) in [5.41, 5.74) is 1.21. The number of nitrogens with zero attached hydrogens (tertiary/aromatic N) is 1. The van der Waals surface area contributed by atoms with Crippen molar-refractivity contribution >= 4 is 0 Å². The number of hydrogen-bond donors (Lipinski definition) is 0. The average Bonchev–Trinajstić information content (AvgIpc) is 2.70. The summed E-state index contributed by atoms with van der Waals surface area (Å²) in [6.45, 7) is 13.5. The van der Waals surface area contributed by atoms with E-state index in [1.807, 2.05) is 6.92 Å². The monoisotopic (exact) mass is 261 g/mol. The predicted octanol–water partition coefficient (Wildman–Crippen LogP) is 3.36. The molecule has 0 N–H and O–H groups in total. The summed E-state index contributed by atoms with van der Waals surface area (Å²) in [4.78, 5) is 3.60. The first-order valence-electron chi connectivity index (χ1n) is 7.43.